The summed E-state index contributed by atoms with van der Waals surface area (Å²) in [4.78, 5) is 4.06. The van der Waals surface area contributed by atoms with E-state index in [2.05, 4.69) is 21.4 Å². The molecule has 5 heteroatoms. The number of aromatic amines is 1. The Hall–Kier alpha value is -1.36. The van der Waals surface area contributed by atoms with E-state index in [4.69, 9.17) is 4.74 Å². The molecule has 0 atom stereocenters. The number of hydrogen-bond donors (Lipinski definition) is 1. The van der Waals surface area contributed by atoms with Crippen molar-refractivity contribution in [3.05, 3.63) is 29.0 Å². The van der Waals surface area contributed by atoms with Crippen molar-refractivity contribution in [2.24, 2.45) is 0 Å². The lowest BCUT2D eigenvalue weighted by atomic mass is 10.6. The first kappa shape index (κ1) is 7.30. The molecule has 0 spiro atoms. The fourth-order valence-electron chi connectivity index (χ4n) is 0.748. The second-order valence-electron chi connectivity index (χ2n) is 2.08. The molecule has 12 heavy (non-hydrogen) atoms. The predicted octanol–water partition coefficient (Wildman–Crippen LogP) is 1.25. The van der Waals surface area contributed by atoms with E-state index in [-0.39, 0.29) is 0 Å². The van der Waals surface area contributed by atoms with E-state index in [0.29, 0.717) is 12.4 Å². The Balaban J connectivity index is 1.91. The summed E-state index contributed by atoms with van der Waals surface area (Å²) in [5, 5.41) is 9.11. The Labute approximate surface area is 73.2 Å². The minimum Gasteiger partial charge on any atom is -0.482 e. The van der Waals surface area contributed by atoms with Gasteiger partial charge in [-0.05, 0) is 0 Å². The van der Waals surface area contributed by atoms with E-state index in [1.54, 1.807) is 23.7 Å². The molecule has 0 saturated heterocycles. The Bertz CT molecular complexity index is 282. The van der Waals surface area contributed by atoms with Crippen molar-refractivity contribution in [3.63, 3.8) is 0 Å². The van der Waals surface area contributed by atoms with Gasteiger partial charge in [0, 0.05) is 11.6 Å². The summed E-state index contributed by atoms with van der Waals surface area (Å²) >= 11 is 1.56. The maximum Gasteiger partial charge on any atom is 0.167 e. The number of hydrogen-bond acceptors (Lipinski definition) is 4. The summed E-state index contributed by atoms with van der Waals surface area (Å²) in [5.41, 5.74) is 0. The SMILES string of the molecule is [c]1n[nH]cc1OCc1nccs1. The average Bonchev–Trinajstić information content (AvgIpc) is 2.74. The van der Waals surface area contributed by atoms with Crippen molar-refractivity contribution in [3.8, 4) is 5.75 Å². The van der Waals surface area contributed by atoms with Crippen LogP contribution in [-0.2, 0) is 6.61 Å². The molecule has 0 bridgehead atoms. The Morgan fingerprint density at radius 1 is 1.67 bits per heavy atom. The van der Waals surface area contributed by atoms with Crippen molar-refractivity contribution < 1.29 is 4.74 Å². The van der Waals surface area contributed by atoms with Gasteiger partial charge >= 0.3 is 0 Å². The normalized spacial score (nSPS) is 10.0. The fraction of sp³-hybridized carbons (Fsp3) is 0.143. The molecule has 0 unspecified atom stereocenters. The highest BCUT2D eigenvalue weighted by molar-refractivity contribution is 7.09. The number of H-pyrrole nitrogens is 1. The maximum absolute atomic E-state index is 5.29. The van der Waals surface area contributed by atoms with Gasteiger partial charge < -0.3 is 4.74 Å². The molecule has 2 heterocycles. The van der Waals surface area contributed by atoms with Crippen LogP contribution in [0.4, 0.5) is 0 Å². The van der Waals surface area contributed by atoms with E-state index >= 15 is 0 Å². The van der Waals surface area contributed by atoms with Crippen molar-refractivity contribution in [2.75, 3.05) is 0 Å². The lowest BCUT2D eigenvalue weighted by molar-refractivity contribution is 0.305. The minimum atomic E-state index is 0.480. The molecule has 2 rings (SSSR count). The fourth-order valence-corrected chi connectivity index (χ4v) is 1.28. The third-order valence-corrected chi connectivity index (χ3v) is 2.01. The highest BCUT2D eigenvalue weighted by Gasteiger charge is 1.97. The highest BCUT2D eigenvalue weighted by Crippen LogP contribution is 2.09. The second kappa shape index (κ2) is 3.36. The molecular formula is C7H6N3OS. The van der Waals surface area contributed by atoms with Crippen LogP contribution in [0.5, 0.6) is 5.75 Å². The molecule has 0 aromatic carbocycles. The van der Waals surface area contributed by atoms with Crippen LogP contribution in [0.2, 0.25) is 0 Å². The van der Waals surface area contributed by atoms with E-state index in [1.807, 2.05) is 5.38 Å². The third kappa shape index (κ3) is 1.62. The molecule has 1 radical (unpaired) electrons. The van der Waals surface area contributed by atoms with E-state index in [1.165, 1.54) is 0 Å². The highest BCUT2D eigenvalue weighted by atomic mass is 32.1. The molecule has 4 nitrogen and oxygen atoms in total. The van der Waals surface area contributed by atoms with Crippen LogP contribution >= 0.6 is 11.3 Å². The summed E-state index contributed by atoms with van der Waals surface area (Å²) in [6.45, 7) is 0.480. The van der Waals surface area contributed by atoms with Gasteiger partial charge in [0.15, 0.2) is 11.9 Å². The smallest absolute Gasteiger partial charge is 0.167 e. The van der Waals surface area contributed by atoms with E-state index < -0.39 is 0 Å². The molecule has 0 amide bonds. The molecule has 1 N–H and O–H groups in total. The Morgan fingerprint density at radius 3 is 3.33 bits per heavy atom. The molecule has 0 aliphatic heterocycles. The van der Waals surface area contributed by atoms with Gasteiger partial charge in [0.1, 0.15) is 11.6 Å². The summed E-state index contributed by atoms with van der Waals surface area (Å²) in [6.07, 6.45) is 6.05. The zero-order valence-corrected chi connectivity index (χ0v) is 6.97. The minimum absolute atomic E-state index is 0.480. The molecule has 0 fully saturated rings. The molecule has 0 aliphatic rings. The monoisotopic (exact) mass is 180 g/mol. The van der Waals surface area contributed by atoms with Gasteiger partial charge in [0.2, 0.25) is 0 Å². The van der Waals surface area contributed by atoms with Crippen LogP contribution in [0.3, 0.4) is 0 Å². The van der Waals surface area contributed by atoms with Gasteiger partial charge in [-0.2, -0.15) is 5.10 Å². The van der Waals surface area contributed by atoms with Gasteiger partial charge in [-0.3, -0.25) is 5.10 Å². The summed E-state index contributed by atoms with van der Waals surface area (Å²) < 4.78 is 5.29. The second-order valence-corrected chi connectivity index (χ2v) is 3.05. The lowest BCUT2D eigenvalue weighted by Gasteiger charge is -1.97. The molecule has 0 saturated carbocycles. The Kier molecular flexibility index (Phi) is 2.04. The zero-order chi connectivity index (χ0) is 8.23. The van der Waals surface area contributed by atoms with Crippen LogP contribution in [0.15, 0.2) is 17.8 Å². The maximum atomic E-state index is 5.29. The van der Waals surface area contributed by atoms with Gasteiger partial charge in [0.25, 0.3) is 0 Å². The van der Waals surface area contributed by atoms with Crippen LogP contribution in [0, 0.1) is 6.20 Å². The van der Waals surface area contributed by atoms with Gasteiger partial charge in [-0.15, -0.1) is 11.3 Å². The number of nitrogens with one attached hydrogen (secondary N) is 1. The van der Waals surface area contributed by atoms with Crippen molar-refractivity contribution in [1.29, 1.82) is 0 Å². The van der Waals surface area contributed by atoms with Crippen LogP contribution in [-0.4, -0.2) is 15.2 Å². The third-order valence-electron chi connectivity index (χ3n) is 1.26. The summed E-state index contributed by atoms with van der Waals surface area (Å²) in [7, 11) is 0. The first-order valence-corrected chi connectivity index (χ1v) is 4.26. The molecule has 61 valence electrons. The van der Waals surface area contributed by atoms with E-state index in [0.717, 1.165) is 5.01 Å². The number of thiazole rings is 1. The first-order chi connectivity index (χ1) is 5.95. The van der Waals surface area contributed by atoms with Crippen LogP contribution in [0.1, 0.15) is 5.01 Å². The number of ether oxygens (including phenoxy) is 1. The first-order valence-electron chi connectivity index (χ1n) is 3.38. The van der Waals surface area contributed by atoms with Crippen LogP contribution in [0.25, 0.3) is 0 Å². The topological polar surface area (TPSA) is 50.8 Å². The lowest BCUT2D eigenvalue weighted by Crippen LogP contribution is -1.92. The largest absolute Gasteiger partial charge is 0.482 e. The summed E-state index contributed by atoms with van der Waals surface area (Å²) in [5.74, 6) is 0.616. The van der Waals surface area contributed by atoms with Crippen LogP contribution < -0.4 is 4.74 Å². The molecule has 0 aliphatic carbocycles. The molecule has 2 aromatic rings. The number of nitrogens with zero attached hydrogens (tertiary/aromatic N) is 2. The number of aromatic nitrogens is 3. The van der Waals surface area contributed by atoms with Gasteiger partial charge in [0.05, 0.1) is 6.20 Å². The average molecular weight is 180 g/mol. The van der Waals surface area contributed by atoms with Gasteiger partial charge in [-0.1, -0.05) is 0 Å². The predicted molar refractivity (Wildman–Crippen MR) is 43.9 cm³/mol. The standard InChI is InChI=1S/C7H6N3OS/c1-2-12-7(8-1)5-11-6-3-9-10-4-6/h1-3H,5H2,(H,9,10). The van der Waals surface area contributed by atoms with Crippen molar-refractivity contribution in [1.82, 2.24) is 15.2 Å². The molecular weight excluding hydrogens is 174 g/mol. The van der Waals surface area contributed by atoms with Gasteiger partial charge in [-0.25, -0.2) is 4.98 Å². The van der Waals surface area contributed by atoms with Crippen molar-refractivity contribution in [2.45, 2.75) is 6.61 Å². The van der Waals surface area contributed by atoms with Crippen molar-refractivity contribution >= 4 is 11.3 Å². The zero-order valence-electron chi connectivity index (χ0n) is 6.15. The summed E-state index contributed by atoms with van der Waals surface area (Å²) in [6, 6.07) is 0. The number of rotatable bonds is 3. The Morgan fingerprint density at radius 2 is 2.67 bits per heavy atom. The quantitative estimate of drug-likeness (QED) is 0.773. The van der Waals surface area contributed by atoms with E-state index in [9.17, 15) is 0 Å². The molecule has 2 aromatic heterocycles.